The minimum atomic E-state index is 0. The van der Waals surface area contributed by atoms with E-state index in [0.29, 0.717) is 0 Å². The average Bonchev–Trinajstić information content (AvgIpc) is 0. The quantitative estimate of drug-likeness (QED) is 0.537. The molecule has 0 rings (SSSR count). The summed E-state index contributed by atoms with van der Waals surface area (Å²) in [5, 5.41) is 0. The van der Waals surface area contributed by atoms with E-state index in [0.717, 1.165) is 0 Å². The first-order chi connectivity index (χ1) is 0. The molecule has 16 valence electrons. The Hall–Kier alpha value is 1.76. The fraction of sp³-hybridized carbons (Fsp3) is 0. The summed E-state index contributed by atoms with van der Waals surface area (Å²) in [6, 6.07) is 0. The van der Waals surface area contributed by atoms with Crippen molar-refractivity contribution in [2.45, 2.75) is 0 Å². The zero-order chi connectivity index (χ0) is 0. The largest absolute Gasteiger partial charge is 2.00 e. The van der Waals surface area contributed by atoms with Crippen LogP contribution in [0.1, 0.15) is 0 Å². The minimum Gasteiger partial charge on any atom is -2.00 e. The van der Waals surface area contributed by atoms with Gasteiger partial charge in [-0.1, -0.05) is 0 Å². The molecule has 0 amide bonds. The van der Waals surface area contributed by atoms with Crippen LogP contribution < -0.4 is 0 Å². The Labute approximate surface area is 64.9 Å². The van der Waals surface area contributed by atoms with E-state index in [9.17, 15) is 0 Å². The first kappa shape index (κ1) is 42.0. The first-order valence-corrected chi connectivity index (χ1v) is 0. The number of rotatable bonds is 0. The summed E-state index contributed by atoms with van der Waals surface area (Å²) in [6.07, 6.45) is 0. The SMILES string of the molecule is [Cd+2].[Cd+2].[O-2].[O-2]. The standard InChI is InChI=1S/2Cd.2O/q2*+2;2*-2. The van der Waals surface area contributed by atoms with Crippen molar-refractivity contribution in [1.29, 1.82) is 0 Å². The van der Waals surface area contributed by atoms with Crippen LogP contribution in [-0.2, 0) is 65.5 Å². The van der Waals surface area contributed by atoms with Crippen molar-refractivity contribution in [3.05, 3.63) is 0 Å². The molecule has 4 heavy (non-hydrogen) atoms. The van der Waals surface area contributed by atoms with E-state index < -0.39 is 0 Å². The molecule has 0 radical (unpaired) electrons. The van der Waals surface area contributed by atoms with Crippen LogP contribution in [0.2, 0.25) is 0 Å². The third-order valence-corrected chi connectivity index (χ3v) is 0. The van der Waals surface area contributed by atoms with Gasteiger partial charge in [-0.15, -0.1) is 0 Å². The number of hydrogen-bond acceptors (Lipinski definition) is 0. The molecule has 0 aliphatic rings. The molecular formula is Cd2O2. The molecule has 0 aliphatic carbocycles. The van der Waals surface area contributed by atoms with Crippen molar-refractivity contribution in [3.63, 3.8) is 0 Å². The van der Waals surface area contributed by atoms with Crippen LogP contribution in [0.15, 0.2) is 0 Å². The van der Waals surface area contributed by atoms with Crippen molar-refractivity contribution >= 4 is 0 Å². The van der Waals surface area contributed by atoms with Crippen molar-refractivity contribution in [2.24, 2.45) is 0 Å². The van der Waals surface area contributed by atoms with Gasteiger partial charge in [-0.2, -0.15) is 0 Å². The van der Waals surface area contributed by atoms with E-state index in [1.807, 2.05) is 0 Å². The summed E-state index contributed by atoms with van der Waals surface area (Å²) in [4.78, 5) is 0. The normalized spacial score (nSPS) is 0. The van der Waals surface area contributed by atoms with E-state index in [-0.39, 0.29) is 65.5 Å². The summed E-state index contributed by atoms with van der Waals surface area (Å²) in [6.45, 7) is 0. The van der Waals surface area contributed by atoms with Crippen molar-refractivity contribution in [1.82, 2.24) is 0 Å². The molecule has 0 spiro atoms. The molecule has 4 heteroatoms. The Bertz CT molecular complexity index is 4.00. The van der Waals surface area contributed by atoms with Crippen LogP contribution in [0, 0.1) is 0 Å². The van der Waals surface area contributed by atoms with E-state index >= 15 is 0 Å². The molecular weight excluding hydrogens is 257 g/mol. The average molecular weight is 257 g/mol. The van der Waals surface area contributed by atoms with Crippen LogP contribution in [0.4, 0.5) is 0 Å². The monoisotopic (exact) mass is 260 g/mol. The van der Waals surface area contributed by atoms with Gasteiger partial charge in [-0.05, 0) is 0 Å². The molecule has 2 nitrogen and oxygen atoms in total. The van der Waals surface area contributed by atoms with Gasteiger partial charge in [0.1, 0.15) is 0 Å². The van der Waals surface area contributed by atoms with Gasteiger partial charge >= 0.3 is 54.6 Å². The van der Waals surface area contributed by atoms with Gasteiger partial charge in [0.25, 0.3) is 0 Å². The second-order valence-electron chi connectivity index (χ2n) is 0. The Balaban J connectivity index is 0. The summed E-state index contributed by atoms with van der Waals surface area (Å²) in [5.74, 6) is 0. The first-order valence-electron chi connectivity index (χ1n) is 0. The van der Waals surface area contributed by atoms with Crippen LogP contribution in [-0.4, -0.2) is 0 Å². The molecule has 0 saturated heterocycles. The van der Waals surface area contributed by atoms with Gasteiger partial charge in [0, 0.05) is 0 Å². The maximum atomic E-state index is 0. The van der Waals surface area contributed by atoms with Crippen molar-refractivity contribution < 1.29 is 65.5 Å². The second-order valence-corrected chi connectivity index (χ2v) is 0. The van der Waals surface area contributed by atoms with Gasteiger partial charge in [-0.3, -0.25) is 0 Å². The van der Waals surface area contributed by atoms with Crippen molar-refractivity contribution in [3.8, 4) is 0 Å². The Kier molecular flexibility index (Phi) is 228. The van der Waals surface area contributed by atoms with Gasteiger partial charge in [-0.25, -0.2) is 0 Å². The van der Waals surface area contributed by atoms with Crippen LogP contribution >= 0.6 is 0 Å². The van der Waals surface area contributed by atoms with Crippen LogP contribution in [0.5, 0.6) is 0 Å². The Morgan fingerprint density at radius 3 is 0.500 bits per heavy atom. The van der Waals surface area contributed by atoms with Gasteiger partial charge in [0.2, 0.25) is 0 Å². The van der Waals surface area contributed by atoms with E-state index in [4.69, 9.17) is 0 Å². The molecule has 0 unspecified atom stereocenters. The minimum absolute atomic E-state index is 0. The zero-order valence-corrected chi connectivity index (χ0v) is 10.3. The molecule has 0 aliphatic heterocycles. The molecule has 0 N–H and O–H groups in total. The Morgan fingerprint density at radius 2 is 0.500 bits per heavy atom. The third kappa shape index (κ3) is 9.24. The maximum Gasteiger partial charge on any atom is 2.00 e. The molecule has 0 aromatic heterocycles. The predicted octanol–water partition coefficient (Wildman–Crippen LogP) is -0.243. The number of hydrogen-bond donors (Lipinski definition) is 0. The summed E-state index contributed by atoms with van der Waals surface area (Å²) < 4.78 is 0. The topological polar surface area (TPSA) is 57.0 Å². The van der Waals surface area contributed by atoms with Crippen LogP contribution in [0.25, 0.3) is 0 Å². The second kappa shape index (κ2) is 21.7. The van der Waals surface area contributed by atoms with Gasteiger partial charge in [0.15, 0.2) is 0 Å². The fourth-order valence-corrected chi connectivity index (χ4v) is 0. The van der Waals surface area contributed by atoms with E-state index in [1.54, 1.807) is 0 Å². The zero-order valence-electron chi connectivity index (χ0n) is 2.23. The summed E-state index contributed by atoms with van der Waals surface area (Å²) in [7, 11) is 0. The molecule has 0 saturated carbocycles. The van der Waals surface area contributed by atoms with Crippen LogP contribution in [0.3, 0.4) is 0 Å². The van der Waals surface area contributed by atoms with E-state index in [2.05, 4.69) is 0 Å². The smallest absolute Gasteiger partial charge is 2.00 e. The predicted molar refractivity (Wildman–Crippen MR) is 1.37 cm³/mol. The summed E-state index contributed by atoms with van der Waals surface area (Å²) >= 11 is 0. The summed E-state index contributed by atoms with van der Waals surface area (Å²) in [5.41, 5.74) is 0. The van der Waals surface area contributed by atoms with Gasteiger partial charge < -0.3 is 11.0 Å². The van der Waals surface area contributed by atoms with Gasteiger partial charge in [0.05, 0.1) is 0 Å². The molecule has 0 heterocycles. The molecule has 0 aromatic rings. The molecule has 0 fully saturated rings. The molecule has 0 aromatic carbocycles. The molecule has 0 atom stereocenters. The van der Waals surface area contributed by atoms with E-state index in [1.165, 1.54) is 0 Å². The Morgan fingerprint density at radius 1 is 0.500 bits per heavy atom. The third-order valence-electron chi connectivity index (χ3n) is 0. The molecule has 0 bridgehead atoms. The maximum absolute atomic E-state index is 0. The van der Waals surface area contributed by atoms with Crippen molar-refractivity contribution in [2.75, 3.05) is 0 Å². The fourth-order valence-electron chi connectivity index (χ4n) is 0.